The van der Waals surface area contributed by atoms with Crippen LogP contribution in [0.3, 0.4) is 0 Å². The van der Waals surface area contributed by atoms with E-state index < -0.39 is 10.0 Å². The van der Waals surface area contributed by atoms with Crippen LogP contribution < -0.4 is 4.72 Å². The number of hydrogen-bond donors (Lipinski definition) is 1. The quantitative estimate of drug-likeness (QED) is 0.859. The fourth-order valence-electron chi connectivity index (χ4n) is 1.63. The molecule has 1 N–H and O–H groups in total. The number of rotatable bonds is 5. The Kier molecular flexibility index (Phi) is 4.11. The molecule has 0 spiro atoms. The molecule has 0 amide bonds. The van der Waals surface area contributed by atoms with Crippen LogP contribution in [0.4, 0.5) is 5.69 Å². The van der Waals surface area contributed by atoms with Gasteiger partial charge in [0.2, 0.25) is 0 Å². The summed E-state index contributed by atoms with van der Waals surface area (Å²) in [6.07, 6.45) is 3.77. The molecule has 0 saturated heterocycles. The predicted molar refractivity (Wildman–Crippen MR) is 74.9 cm³/mol. The van der Waals surface area contributed by atoms with Gasteiger partial charge in [0, 0.05) is 19.1 Å². The molecular weight excluding hydrogens is 286 g/mol. The van der Waals surface area contributed by atoms with Gasteiger partial charge in [-0.15, -0.1) is 11.6 Å². The zero-order valence-corrected chi connectivity index (χ0v) is 11.9. The first-order chi connectivity index (χ1) is 9.01. The van der Waals surface area contributed by atoms with Gasteiger partial charge in [-0.25, -0.2) is 8.42 Å². The number of sulfonamides is 1. The molecular formula is C12H14ClN3O2S. The number of alkyl halides is 1. The summed E-state index contributed by atoms with van der Waals surface area (Å²) in [5.74, 6) is 0.514. The van der Waals surface area contributed by atoms with Crippen LogP contribution >= 0.6 is 11.6 Å². The number of halogens is 1. The highest BCUT2D eigenvalue weighted by Crippen LogP contribution is 2.16. The zero-order chi connectivity index (χ0) is 13.9. The van der Waals surface area contributed by atoms with E-state index in [4.69, 9.17) is 11.6 Å². The molecule has 2 aromatic rings. The first kappa shape index (κ1) is 13.9. The summed E-state index contributed by atoms with van der Waals surface area (Å²) in [6, 6.07) is 6.67. The van der Waals surface area contributed by atoms with Crippen LogP contribution in [0.5, 0.6) is 0 Å². The summed E-state index contributed by atoms with van der Waals surface area (Å²) in [4.78, 5) is 0.217. The molecule has 2 rings (SSSR count). The first-order valence-corrected chi connectivity index (χ1v) is 7.69. The molecule has 1 aromatic carbocycles. The van der Waals surface area contributed by atoms with Crippen molar-refractivity contribution < 1.29 is 8.42 Å². The fraction of sp³-hybridized carbons (Fsp3) is 0.250. The van der Waals surface area contributed by atoms with E-state index >= 15 is 0 Å². The molecule has 0 unspecified atom stereocenters. The van der Waals surface area contributed by atoms with Gasteiger partial charge in [0.15, 0.2) is 0 Å². The number of aromatic nitrogens is 2. The molecule has 7 heteroatoms. The highest BCUT2D eigenvalue weighted by atomic mass is 35.5. The monoisotopic (exact) mass is 299 g/mol. The lowest BCUT2D eigenvalue weighted by atomic mass is 10.2. The van der Waals surface area contributed by atoms with E-state index in [2.05, 4.69) is 9.82 Å². The number of aryl methyl sites for hydroxylation is 2. The van der Waals surface area contributed by atoms with Gasteiger partial charge >= 0.3 is 0 Å². The van der Waals surface area contributed by atoms with Crippen molar-refractivity contribution in [2.75, 3.05) is 10.6 Å². The van der Waals surface area contributed by atoms with Gasteiger partial charge in [-0.05, 0) is 24.1 Å². The maximum Gasteiger partial charge on any atom is 0.261 e. The highest BCUT2D eigenvalue weighted by molar-refractivity contribution is 7.92. The minimum absolute atomic E-state index is 0.217. The fourth-order valence-corrected chi connectivity index (χ4v) is 2.88. The van der Waals surface area contributed by atoms with E-state index in [0.717, 1.165) is 12.0 Å². The Labute approximate surface area is 117 Å². The molecule has 19 heavy (non-hydrogen) atoms. The smallest absolute Gasteiger partial charge is 0.261 e. The lowest BCUT2D eigenvalue weighted by molar-refractivity contribution is 0.601. The average molecular weight is 300 g/mol. The molecule has 5 nitrogen and oxygen atoms in total. The largest absolute Gasteiger partial charge is 0.276 e. The van der Waals surface area contributed by atoms with Gasteiger partial charge in [-0.2, -0.15) is 5.10 Å². The van der Waals surface area contributed by atoms with E-state index in [1.54, 1.807) is 37.5 Å². The summed E-state index contributed by atoms with van der Waals surface area (Å²) in [5, 5.41) is 3.91. The SMILES string of the molecule is Cn1cc(NS(=O)(=O)c2ccc(CCCl)cc2)cn1. The van der Waals surface area contributed by atoms with E-state index in [0.29, 0.717) is 11.6 Å². The van der Waals surface area contributed by atoms with Gasteiger partial charge in [0.1, 0.15) is 0 Å². The lowest BCUT2D eigenvalue weighted by Gasteiger charge is -2.06. The van der Waals surface area contributed by atoms with Gasteiger partial charge in [-0.3, -0.25) is 9.40 Å². The molecule has 1 aromatic heterocycles. The van der Waals surface area contributed by atoms with Crippen molar-refractivity contribution >= 4 is 27.3 Å². The number of benzene rings is 1. The van der Waals surface area contributed by atoms with E-state index in [-0.39, 0.29) is 4.90 Å². The summed E-state index contributed by atoms with van der Waals surface area (Å²) in [5.41, 5.74) is 1.45. The number of nitrogens with one attached hydrogen (secondary N) is 1. The van der Waals surface area contributed by atoms with E-state index in [1.807, 2.05) is 0 Å². The van der Waals surface area contributed by atoms with Crippen molar-refractivity contribution in [3.8, 4) is 0 Å². The van der Waals surface area contributed by atoms with Crippen molar-refractivity contribution in [1.82, 2.24) is 9.78 Å². The molecule has 0 aliphatic carbocycles. The van der Waals surface area contributed by atoms with Gasteiger partial charge in [-0.1, -0.05) is 12.1 Å². The third-order valence-electron chi connectivity index (χ3n) is 2.57. The number of anilines is 1. The third-order valence-corrected chi connectivity index (χ3v) is 4.16. The van der Waals surface area contributed by atoms with Crippen molar-refractivity contribution in [2.45, 2.75) is 11.3 Å². The van der Waals surface area contributed by atoms with Crippen LogP contribution in [0.25, 0.3) is 0 Å². The Morgan fingerprint density at radius 3 is 2.53 bits per heavy atom. The molecule has 0 atom stereocenters. The van der Waals surface area contributed by atoms with Crippen LogP contribution in [0.15, 0.2) is 41.6 Å². The van der Waals surface area contributed by atoms with Crippen molar-refractivity contribution in [1.29, 1.82) is 0 Å². The van der Waals surface area contributed by atoms with Crippen LogP contribution in [-0.4, -0.2) is 24.1 Å². The molecule has 0 radical (unpaired) electrons. The minimum Gasteiger partial charge on any atom is -0.276 e. The highest BCUT2D eigenvalue weighted by Gasteiger charge is 2.14. The summed E-state index contributed by atoms with van der Waals surface area (Å²) in [6.45, 7) is 0. The maximum absolute atomic E-state index is 12.1. The molecule has 0 bridgehead atoms. The lowest BCUT2D eigenvalue weighted by Crippen LogP contribution is -2.12. The van der Waals surface area contributed by atoms with Crippen molar-refractivity contribution in [3.63, 3.8) is 0 Å². The van der Waals surface area contributed by atoms with Crippen LogP contribution in [0.2, 0.25) is 0 Å². The Bertz CT molecular complexity index is 650. The predicted octanol–water partition coefficient (Wildman–Crippen LogP) is 2.00. The number of nitrogens with zero attached hydrogens (tertiary/aromatic N) is 2. The van der Waals surface area contributed by atoms with Crippen molar-refractivity contribution in [2.24, 2.45) is 7.05 Å². The van der Waals surface area contributed by atoms with Crippen LogP contribution in [0.1, 0.15) is 5.56 Å². The molecule has 0 saturated carbocycles. The summed E-state index contributed by atoms with van der Waals surface area (Å²) >= 11 is 5.64. The van der Waals surface area contributed by atoms with Gasteiger partial charge in [0.05, 0.1) is 16.8 Å². The molecule has 1 heterocycles. The summed E-state index contributed by atoms with van der Waals surface area (Å²) < 4.78 is 28.2. The Hall–Kier alpha value is -1.53. The second-order valence-corrected chi connectivity index (χ2v) is 6.15. The standard InChI is InChI=1S/C12H14ClN3O2S/c1-16-9-11(8-14-16)15-19(17,18)12-4-2-10(3-5-12)6-7-13/h2-5,8-9,15H,6-7H2,1H3. The Balaban J connectivity index is 2.19. The summed E-state index contributed by atoms with van der Waals surface area (Å²) in [7, 11) is -1.85. The second kappa shape index (κ2) is 5.63. The first-order valence-electron chi connectivity index (χ1n) is 5.67. The normalized spacial score (nSPS) is 11.5. The zero-order valence-electron chi connectivity index (χ0n) is 10.4. The molecule has 0 fully saturated rings. The van der Waals surface area contributed by atoms with Crippen LogP contribution in [0, 0.1) is 0 Å². The topological polar surface area (TPSA) is 64.0 Å². The van der Waals surface area contributed by atoms with Gasteiger partial charge < -0.3 is 0 Å². The van der Waals surface area contributed by atoms with E-state index in [9.17, 15) is 8.42 Å². The molecule has 102 valence electrons. The Morgan fingerprint density at radius 2 is 2.00 bits per heavy atom. The minimum atomic E-state index is -3.57. The number of hydrogen-bond acceptors (Lipinski definition) is 3. The second-order valence-electron chi connectivity index (χ2n) is 4.09. The van der Waals surface area contributed by atoms with Crippen LogP contribution in [-0.2, 0) is 23.5 Å². The third kappa shape index (κ3) is 3.48. The Morgan fingerprint density at radius 1 is 1.32 bits per heavy atom. The van der Waals surface area contributed by atoms with Gasteiger partial charge in [0.25, 0.3) is 10.0 Å². The molecule has 0 aliphatic rings. The maximum atomic E-state index is 12.1. The van der Waals surface area contributed by atoms with Crippen molar-refractivity contribution in [3.05, 3.63) is 42.2 Å². The molecule has 0 aliphatic heterocycles. The van der Waals surface area contributed by atoms with E-state index in [1.165, 1.54) is 10.9 Å². The average Bonchev–Trinajstić information content (AvgIpc) is 2.75.